The number of halogens is 1. The molecule has 0 N–H and O–H groups in total. The van der Waals surface area contributed by atoms with Crippen molar-refractivity contribution in [3.8, 4) is 0 Å². The van der Waals surface area contributed by atoms with Crippen molar-refractivity contribution in [1.29, 1.82) is 0 Å². The number of fused-ring (bicyclic) bond motifs is 3. The number of carbonyl (C=O) groups excluding carboxylic acids is 2. The van der Waals surface area contributed by atoms with Crippen molar-refractivity contribution < 1.29 is 14.0 Å². The van der Waals surface area contributed by atoms with E-state index in [1.54, 1.807) is 24.0 Å². The molecule has 2 amide bonds. The fourth-order valence-corrected chi connectivity index (χ4v) is 5.00. The van der Waals surface area contributed by atoms with Gasteiger partial charge in [0.2, 0.25) is 5.91 Å². The number of hydrogen-bond acceptors (Lipinski definition) is 6. The molecule has 0 spiro atoms. The van der Waals surface area contributed by atoms with E-state index >= 15 is 0 Å². The van der Waals surface area contributed by atoms with E-state index in [0.29, 0.717) is 42.9 Å². The SMILES string of the molecule is C[C@@H]1N=C2c3ccccc3N=C(SCC(=O)N3CCN(c4ccccc4F)CC3)N2C1=O. The number of hydrogen-bond donors (Lipinski definition) is 0. The zero-order valence-electron chi connectivity index (χ0n) is 17.6. The first-order valence-corrected chi connectivity index (χ1v) is 11.5. The summed E-state index contributed by atoms with van der Waals surface area (Å²) >= 11 is 1.25. The van der Waals surface area contributed by atoms with Crippen LogP contribution in [0.2, 0.25) is 0 Å². The molecule has 3 aliphatic heterocycles. The Hall–Kier alpha value is -3.20. The van der Waals surface area contributed by atoms with Gasteiger partial charge in [-0.15, -0.1) is 0 Å². The Morgan fingerprint density at radius 3 is 2.59 bits per heavy atom. The van der Waals surface area contributed by atoms with E-state index in [-0.39, 0.29) is 23.4 Å². The third-order valence-electron chi connectivity index (χ3n) is 5.81. The zero-order valence-corrected chi connectivity index (χ0v) is 18.4. The maximum absolute atomic E-state index is 14.0. The highest BCUT2D eigenvalue weighted by atomic mass is 32.2. The number of thioether (sulfide) groups is 1. The highest BCUT2D eigenvalue weighted by Gasteiger charge is 2.39. The van der Waals surface area contributed by atoms with Crippen LogP contribution < -0.4 is 4.90 Å². The number of piperazine rings is 1. The average Bonchev–Trinajstić information content (AvgIpc) is 3.12. The highest BCUT2D eigenvalue weighted by molar-refractivity contribution is 8.14. The fraction of sp³-hybridized carbons (Fsp3) is 0.304. The van der Waals surface area contributed by atoms with Crippen molar-refractivity contribution in [2.24, 2.45) is 9.98 Å². The predicted molar refractivity (Wildman–Crippen MR) is 124 cm³/mol. The lowest BCUT2D eigenvalue weighted by atomic mass is 10.1. The van der Waals surface area contributed by atoms with Crippen molar-refractivity contribution in [2.45, 2.75) is 13.0 Å². The van der Waals surface area contributed by atoms with E-state index in [0.717, 1.165) is 11.3 Å². The Kier molecular flexibility index (Phi) is 5.42. The lowest BCUT2D eigenvalue weighted by molar-refractivity contribution is -0.128. The average molecular weight is 452 g/mol. The quantitative estimate of drug-likeness (QED) is 0.720. The highest BCUT2D eigenvalue weighted by Crippen LogP contribution is 2.33. The molecule has 0 saturated carbocycles. The Bertz CT molecular complexity index is 1140. The normalized spacial score (nSPS) is 20.0. The number of carbonyl (C=O) groups is 2. The molecule has 2 aromatic rings. The van der Waals surface area contributed by atoms with E-state index in [2.05, 4.69) is 9.98 Å². The molecule has 0 unspecified atom stereocenters. The number of nitrogens with zero attached hydrogens (tertiary/aromatic N) is 5. The second kappa shape index (κ2) is 8.38. The maximum Gasteiger partial charge on any atom is 0.258 e. The maximum atomic E-state index is 14.0. The molecule has 164 valence electrons. The van der Waals surface area contributed by atoms with Gasteiger partial charge in [-0.1, -0.05) is 36.0 Å². The Balaban J connectivity index is 1.25. The number of aliphatic imine (C=N–C) groups is 2. The van der Waals surface area contributed by atoms with E-state index < -0.39 is 6.04 Å². The van der Waals surface area contributed by atoms with Gasteiger partial charge in [0.1, 0.15) is 17.7 Å². The van der Waals surface area contributed by atoms with Crippen LogP contribution in [0.1, 0.15) is 12.5 Å². The van der Waals surface area contributed by atoms with Crippen LogP contribution in [-0.4, -0.2) is 70.6 Å². The standard InChI is InChI=1S/C23H22FN5O2S/c1-15-22(31)29-21(25-15)16-6-2-4-8-18(16)26-23(29)32-14-20(30)28-12-10-27(11-13-28)19-9-5-3-7-17(19)24/h2-9,15H,10-14H2,1H3/t15-/m0/s1. The molecule has 1 atom stereocenters. The molecule has 1 fully saturated rings. The van der Waals surface area contributed by atoms with Gasteiger partial charge < -0.3 is 9.80 Å². The molecule has 1 saturated heterocycles. The molecule has 0 aromatic heterocycles. The second-order valence-corrected chi connectivity index (χ2v) is 8.76. The third kappa shape index (κ3) is 3.66. The summed E-state index contributed by atoms with van der Waals surface area (Å²) < 4.78 is 14.0. The first-order valence-electron chi connectivity index (χ1n) is 10.5. The summed E-state index contributed by atoms with van der Waals surface area (Å²) in [6.45, 7) is 3.96. The first kappa shape index (κ1) is 20.7. The molecular weight excluding hydrogens is 429 g/mol. The molecule has 7 nitrogen and oxygen atoms in total. The summed E-state index contributed by atoms with van der Waals surface area (Å²) in [6, 6.07) is 13.8. The van der Waals surface area contributed by atoms with Gasteiger partial charge in [0, 0.05) is 31.7 Å². The van der Waals surface area contributed by atoms with Crippen LogP contribution in [0.15, 0.2) is 58.5 Å². The van der Waals surface area contributed by atoms with Crippen molar-refractivity contribution in [3.63, 3.8) is 0 Å². The molecule has 9 heteroatoms. The second-order valence-electron chi connectivity index (χ2n) is 7.82. The lowest BCUT2D eigenvalue weighted by Gasteiger charge is -2.36. The number of rotatable bonds is 3. The van der Waals surface area contributed by atoms with E-state index in [4.69, 9.17) is 0 Å². The minimum atomic E-state index is -0.468. The summed E-state index contributed by atoms with van der Waals surface area (Å²) in [5, 5.41) is 0.482. The Morgan fingerprint density at radius 2 is 1.81 bits per heavy atom. The van der Waals surface area contributed by atoms with Crippen LogP contribution in [0.3, 0.4) is 0 Å². The number of amidine groups is 2. The van der Waals surface area contributed by atoms with Gasteiger partial charge in [-0.25, -0.2) is 14.3 Å². The zero-order chi connectivity index (χ0) is 22.2. The van der Waals surface area contributed by atoms with Crippen LogP contribution in [-0.2, 0) is 9.59 Å². The number of amides is 2. The Morgan fingerprint density at radius 1 is 1.09 bits per heavy atom. The van der Waals surface area contributed by atoms with Crippen molar-refractivity contribution in [2.75, 3.05) is 36.8 Å². The molecule has 3 heterocycles. The predicted octanol–water partition coefficient (Wildman–Crippen LogP) is 2.89. The van der Waals surface area contributed by atoms with Crippen LogP contribution in [0, 0.1) is 5.82 Å². The Labute approximate surface area is 189 Å². The van der Waals surface area contributed by atoms with E-state index in [9.17, 15) is 14.0 Å². The molecule has 5 rings (SSSR count). The minimum absolute atomic E-state index is 0.0251. The molecule has 2 aromatic carbocycles. The molecule has 0 radical (unpaired) electrons. The van der Waals surface area contributed by atoms with E-state index in [1.807, 2.05) is 35.2 Å². The fourth-order valence-electron chi connectivity index (χ4n) is 4.10. The van der Waals surface area contributed by atoms with Crippen molar-refractivity contribution in [3.05, 3.63) is 59.9 Å². The van der Waals surface area contributed by atoms with E-state index in [1.165, 1.54) is 22.7 Å². The molecule has 0 bridgehead atoms. The van der Waals surface area contributed by atoms with Crippen LogP contribution >= 0.6 is 11.8 Å². The van der Waals surface area contributed by atoms with Gasteiger partial charge in [-0.3, -0.25) is 14.6 Å². The molecule has 3 aliphatic rings. The topological polar surface area (TPSA) is 68.6 Å². The van der Waals surface area contributed by atoms with Gasteiger partial charge >= 0.3 is 0 Å². The smallest absolute Gasteiger partial charge is 0.258 e. The van der Waals surface area contributed by atoms with Gasteiger partial charge in [0.15, 0.2) is 5.17 Å². The largest absolute Gasteiger partial charge is 0.366 e. The minimum Gasteiger partial charge on any atom is -0.366 e. The van der Waals surface area contributed by atoms with Gasteiger partial charge in [-0.2, -0.15) is 0 Å². The lowest BCUT2D eigenvalue weighted by Crippen LogP contribution is -2.50. The number of para-hydroxylation sites is 2. The molecule has 0 aliphatic carbocycles. The van der Waals surface area contributed by atoms with Gasteiger partial charge in [-0.05, 0) is 31.2 Å². The monoisotopic (exact) mass is 451 g/mol. The van der Waals surface area contributed by atoms with Crippen LogP contribution in [0.4, 0.5) is 15.8 Å². The summed E-state index contributed by atoms with van der Waals surface area (Å²) in [5.74, 6) is 0.364. The molecular formula is C23H22FN5O2S. The third-order valence-corrected chi connectivity index (χ3v) is 6.73. The number of anilines is 1. The van der Waals surface area contributed by atoms with Crippen molar-refractivity contribution in [1.82, 2.24) is 9.80 Å². The van der Waals surface area contributed by atoms with Gasteiger partial charge in [0.05, 0.1) is 17.1 Å². The number of benzene rings is 2. The first-order chi connectivity index (χ1) is 15.5. The van der Waals surface area contributed by atoms with Gasteiger partial charge in [0.25, 0.3) is 5.91 Å². The van der Waals surface area contributed by atoms with Crippen LogP contribution in [0.5, 0.6) is 0 Å². The summed E-state index contributed by atoms with van der Waals surface area (Å²) in [5.41, 5.74) is 2.14. The van der Waals surface area contributed by atoms with Crippen molar-refractivity contribution >= 4 is 46.0 Å². The molecule has 32 heavy (non-hydrogen) atoms. The summed E-state index contributed by atoms with van der Waals surface area (Å²) in [4.78, 5) is 40.0. The van der Waals surface area contributed by atoms with Crippen LogP contribution in [0.25, 0.3) is 0 Å². The summed E-state index contributed by atoms with van der Waals surface area (Å²) in [6.07, 6.45) is 0. The summed E-state index contributed by atoms with van der Waals surface area (Å²) in [7, 11) is 0.